The van der Waals surface area contributed by atoms with Crippen molar-refractivity contribution in [1.82, 2.24) is 0 Å². The zero-order chi connectivity index (χ0) is 15.4. The van der Waals surface area contributed by atoms with E-state index >= 15 is 0 Å². The molecular formula is C20H20O2. The van der Waals surface area contributed by atoms with Gasteiger partial charge in [-0.2, -0.15) is 0 Å². The van der Waals surface area contributed by atoms with Crippen LogP contribution < -0.4 is 4.74 Å². The van der Waals surface area contributed by atoms with Gasteiger partial charge in [0.1, 0.15) is 5.75 Å². The largest absolute Gasteiger partial charge is 0.426 e. The van der Waals surface area contributed by atoms with Crippen molar-refractivity contribution in [1.29, 1.82) is 0 Å². The summed E-state index contributed by atoms with van der Waals surface area (Å²) >= 11 is 0. The molecule has 112 valence electrons. The van der Waals surface area contributed by atoms with Crippen molar-refractivity contribution in [3.8, 4) is 5.75 Å². The highest BCUT2D eigenvalue weighted by atomic mass is 16.5. The van der Waals surface area contributed by atoms with Crippen molar-refractivity contribution in [2.45, 2.75) is 32.6 Å². The Hall–Kier alpha value is -2.35. The first-order valence-corrected chi connectivity index (χ1v) is 7.90. The number of fused-ring (bicyclic) bond motifs is 2. The molecule has 0 bridgehead atoms. The van der Waals surface area contributed by atoms with E-state index in [0.29, 0.717) is 12.2 Å². The standard InChI is InChI=1S/C20H20O2/c1-2-3-4-12-20(21)22-19-11-7-10-17-13-15-8-5-6-9-16(15)14-18(17)19/h5-11,13-14H,2-4,12H2,1H3. The summed E-state index contributed by atoms with van der Waals surface area (Å²) in [5.74, 6) is 0.513. The molecule has 0 heterocycles. The number of rotatable bonds is 5. The maximum absolute atomic E-state index is 12.0. The molecule has 3 aromatic carbocycles. The number of hydrogen-bond donors (Lipinski definition) is 0. The maximum Gasteiger partial charge on any atom is 0.311 e. The fourth-order valence-corrected chi connectivity index (χ4v) is 2.72. The van der Waals surface area contributed by atoms with E-state index in [4.69, 9.17) is 4.74 Å². The normalized spacial score (nSPS) is 11.0. The highest BCUT2D eigenvalue weighted by Gasteiger charge is 2.09. The molecule has 0 atom stereocenters. The first-order chi connectivity index (χ1) is 10.8. The lowest BCUT2D eigenvalue weighted by Crippen LogP contribution is -2.07. The summed E-state index contributed by atoms with van der Waals surface area (Å²) in [6, 6.07) is 18.3. The van der Waals surface area contributed by atoms with Gasteiger partial charge in [0, 0.05) is 11.8 Å². The number of hydrogen-bond acceptors (Lipinski definition) is 2. The van der Waals surface area contributed by atoms with Crippen molar-refractivity contribution < 1.29 is 9.53 Å². The van der Waals surface area contributed by atoms with Gasteiger partial charge in [0.2, 0.25) is 0 Å². The number of esters is 1. The van der Waals surface area contributed by atoms with Gasteiger partial charge in [-0.25, -0.2) is 0 Å². The Morgan fingerprint density at radius 1 is 0.909 bits per heavy atom. The highest BCUT2D eigenvalue weighted by Crippen LogP contribution is 2.30. The van der Waals surface area contributed by atoms with Crippen molar-refractivity contribution in [2.24, 2.45) is 0 Å². The fourth-order valence-electron chi connectivity index (χ4n) is 2.72. The molecule has 22 heavy (non-hydrogen) atoms. The minimum Gasteiger partial charge on any atom is -0.426 e. The lowest BCUT2D eigenvalue weighted by atomic mass is 10.0. The van der Waals surface area contributed by atoms with Crippen LogP contribution in [0.1, 0.15) is 32.6 Å². The van der Waals surface area contributed by atoms with E-state index in [1.165, 1.54) is 5.39 Å². The van der Waals surface area contributed by atoms with E-state index in [9.17, 15) is 4.79 Å². The van der Waals surface area contributed by atoms with Crippen LogP contribution in [0.2, 0.25) is 0 Å². The van der Waals surface area contributed by atoms with Crippen LogP contribution in [0, 0.1) is 0 Å². The Kier molecular flexibility index (Phi) is 4.38. The molecule has 3 rings (SSSR count). The number of carbonyl (C=O) groups is 1. The average Bonchev–Trinajstić information content (AvgIpc) is 2.54. The molecule has 2 nitrogen and oxygen atoms in total. The van der Waals surface area contributed by atoms with Gasteiger partial charge in [-0.1, -0.05) is 56.2 Å². The van der Waals surface area contributed by atoms with Gasteiger partial charge in [0.15, 0.2) is 0 Å². The number of carbonyl (C=O) groups excluding carboxylic acids is 1. The van der Waals surface area contributed by atoms with Crippen LogP contribution in [0.15, 0.2) is 54.6 Å². The Balaban J connectivity index is 1.92. The van der Waals surface area contributed by atoms with Gasteiger partial charge >= 0.3 is 5.97 Å². The van der Waals surface area contributed by atoms with Crippen LogP contribution >= 0.6 is 0 Å². The molecule has 0 N–H and O–H groups in total. The SMILES string of the molecule is CCCCCC(=O)Oc1cccc2cc3ccccc3cc12. The Morgan fingerprint density at radius 2 is 1.64 bits per heavy atom. The van der Waals surface area contributed by atoms with Gasteiger partial charge in [-0.3, -0.25) is 4.79 Å². The average molecular weight is 292 g/mol. The molecule has 0 aromatic heterocycles. The Morgan fingerprint density at radius 3 is 2.41 bits per heavy atom. The van der Waals surface area contributed by atoms with E-state index in [2.05, 4.69) is 37.3 Å². The van der Waals surface area contributed by atoms with E-state index in [-0.39, 0.29) is 5.97 Å². The highest BCUT2D eigenvalue weighted by molar-refractivity contribution is 6.01. The molecule has 0 radical (unpaired) electrons. The maximum atomic E-state index is 12.0. The summed E-state index contributed by atoms with van der Waals surface area (Å²) < 4.78 is 5.58. The molecule has 0 aliphatic heterocycles. The number of unbranched alkanes of at least 4 members (excludes halogenated alkanes) is 2. The van der Waals surface area contributed by atoms with Gasteiger partial charge < -0.3 is 4.74 Å². The summed E-state index contributed by atoms with van der Waals surface area (Å²) in [7, 11) is 0. The summed E-state index contributed by atoms with van der Waals surface area (Å²) in [4.78, 5) is 12.0. The first-order valence-electron chi connectivity index (χ1n) is 7.90. The van der Waals surface area contributed by atoms with E-state index in [1.54, 1.807) is 0 Å². The molecule has 0 aliphatic rings. The van der Waals surface area contributed by atoms with Crippen LogP contribution in [-0.4, -0.2) is 5.97 Å². The third-order valence-electron chi connectivity index (χ3n) is 3.91. The minimum absolute atomic E-state index is 0.144. The van der Waals surface area contributed by atoms with Crippen LogP contribution in [-0.2, 0) is 4.79 Å². The van der Waals surface area contributed by atoms with Crippen LogP contribution in [0.25, 0.3) is 21.5 Å². The zero-order valence-corrected chi connectivity index (χ0v) is 12.8. The van der Waals surface area contributed by atoms with Gasteiger partial charge in [0.05, 0.1) is 0 Å². The second-order valence-electron chi connectivity index (χ2n) is 5.61. The quantitative estimate of drug-likeness (QED) is 0.269. The second-order valence-corrected chi connectivity index (χ2v) is 5.61. The van der Waals surface area contributed by atoms with E-state index in [0.717, 1.165) is 35.4 Å². The van der Waals surface area contributed by atoms with Crippen molar-refractivity contribution in [3.05, 3.63) is 54.6 Å². The molecular weight excluding hydrogens is 272 g/mol. The number of ether oxygens (including phenoxy) is 1. The lowest BCUT2D eigenvalue weighted by Gasteiger charge is -2.09. The predicted octanol–water partition coefficient (Wildman–Crippen LogP) is 5.48. The summed E-state index contributed by atoms with van der Waals surface area (Å²) in [6.07, 6.45) is 3.55. The molecule has 0 saturated carbocycles. The van der Waals surface area contributed by atoms with Crippen LogP contribution in [0.5, 0.6) is 5.75 Å². The smallest absolute Gasteiger partial charge is 0.311 e. The fraction of sp³-hybridized carbons (Fsp3) is 0.250. The molecule has 0 fully saturated rings. The topological polar surface area (TPSA) is 26.3 Å². The Labute approximate surface area is 130 Å². The predicted molar refractivity (Wildman–Crippen MR) is 91.2 cm³/mol. The third-order valence-corrected chi connectivity index (χ3v) is 3.91. The molecule has 0 aliphatic carbocycles. The second kappa shape index (κ2) is 6.61. The van der Waals surface area contributed by atoms with Gasteiger partial charge in [0.25, 0.3) is 0 Å². The monoisotopic (exact) mass is 292 g/mol. The Bertz CT molecular complexity index is 805. The van der Waals surface area contributed by atoms with Crippen molar-refractivity contribution in [3.63, 3.8) is 0 Å². The lowest BCUT2D eigenvalue weighted by molar-refractivity contribution is -0.134. The third kappa shape index (κ3) is 3.11. The summed E-state index contributed by atoms with van der Waals surface area (Å²) in [6.45, 7) is 2.13. The number of benzene rings is 3. The zero-order valence-electron chi connectivity index (χ0n) is 12.8. The summed E-state index contributed by atoms with van der Waals surface area (Å²) in [5.41, 5.74) is 0. The summed E-state index contributed by atoms with van der Waals surface area (Å²) in [5, 5.41) is 4.44. The molecule has 3 aromatic rings. The molecule has 2 heteroatoms. The van der Waals surface area contributed by atoms with E-state index in [1.807, 2.05) is 24.3 Å². The van der Waals surface area contributed by atoms with Crippen molar-refractivity contribution >= 4 is 27.5 Å². The molecule has 0 unspecified atom stereocenters. The van der Waals surface area contributed by atoms with Crippen LogP contribution in [0.3, 0.4) is 0 Å². The van der Waals surface area contributed by atoms with Crippen LogP contribution in [0.4, 0.5) is 0 Å². The van der Waals surface area contributed by atoms with E-state index < -0.39 is 0 Å². The molecule has 0 spiro atoms. The first kappa shape index (κ1) is 14.6. The molecule has 0 saturated heterocycles. The van der Waals surface area contributed by atoms with Crippen molar-refractivity contribution in [2.75, 3.05) is 0 Å². The van der Waals surface area contributed by atoms with Gasteiger partial charge in [-0.05, 0) is 40.8 Å². The molecule has 0 amide bonds. The van der Waals surface area contributed by atoms with Gasteiger partial charge in [-0.15, -0.1) is 0 Å². The minimum atomic E-state index is -0.144.